The van der Waals surface area contributed by atoms with Gasteiger partial charge in [-0.1, -0.05) is 13.8 Å². The number of rotatable bonds is 8. The Hall–Kier alpha value is -1.86. The summed E-state index contributed by atoms with van der Waals surface area (Å²) in [4.78, 5) is 23.3. The Labute approximate surface area is 147 Å². The van der Waals surface area contributed by atoms with Crippen molar-refractivity contribution in [2.45, 2.75) is 32.9 Å². The Morgan fingerprint density at radius 1 is 1.17 bits per heavy atom. The molecule has 1 rings (SSSR count). The van der Waals surface area contributed by atoms with E-state index in [0.717, 1.165) is 0 Å². The predicted molar refractivity (Wildman–Crippen MR) is 92.6 cm³/mol. The van der Waals surface area contributed by atoms with Crippen molar-refractivity contribution in [3.8, 4) is 5.75 Å². The summed E-state index contributed by atoms with van der Waals surface area (Å²) in [6, 6.07) is 4.99. The highest BCUT2D eigenvalue weighted by molar-refractivity contribution is 5.87. The minimum Gasteiger partial charge on any atom is -0.489 e. The third-order valence-corrected chi connectivity index (χ3v) is 3.18. The van der Waals surface area contributed by atoms with Crippen molar-refractivity contribution in [1.29, 1.82) is 0 Å². The second-order valence-corrected chi connectivity index (χ2v) is 5.67. The summed E-state index contributed by atoms with van der Waals surface area (Å²) < 4.78 is 18.3. The van der Waals surface area contributed by atoms with E-state index >= 15 is 0 Å². The second kappa shape index (κ2) is 10.8. The number of amides is 2. The SMILES string of the molecule is CC(CNC(=O)CNC(=O)[C@@H](N)C(C)C)Oc1ccc(F)cc1.Cl. The number of halogens is 2. The summed E-state index contributed by atoms with van der Waals surface area (Å²) in [7, 11) is 0. The van der Waals surface area contributed by atoms with Gasteiger partial charge in [-0.05, 0) is 37.1 Å². The van der Waals surface area contributed by atoms with E-state index in [1.807, 2.05) is 13.8 Å². The van der Waals surface area contributed by atoms with Crippen LogP contribution in [0.3, 0.4) is 0 Å². The molecule has 8 heteroatoms. The van der Waals surface area contributed by atoms with Crippen molar-refractivity contribution in [2.24, 2.45) is 11.7 Å². The molecule has 6 nitrogen and oxygen atoms in total. The molecule has 0 saturated heterocycles. The molecule has 4 N–H and O–H groups in total. The number of nitrogens with two attached hydrogens (primary N) is 1. The molecule has 0 aliphatic rings. The summed E-state index contributed by atoms with van der Waals surface area (Å²) >= 11 is 0. The number of hydrogen-bond donors (Lipinski definition) is 3. The summed E-state index contributed by atoms with van der Waals surface area (Å²) in [6.45, 7) is 5.57. The third kappa shape index (κ3) is 8.12. The largest absolute Gasteiger partial charge is 0.489 e. The van der Waals surface area contributed by atoms with Gasteiger partial charge in [-0.3, -0.25) is 9.59 Å². The van der Waals surface area contributed by atoms with Crippen LogP contribution in [0.2, 0.25) is 0 Å². The van der Waals surface area contributed by atoms with Crippen LogP contribution in [0, 0.1) is 11.7 Å². The highest BCUT2D eigenvalue weighted by Gasteiger charge is 2.17. The molecule has 0 aliphatic heterocycles. The van der Waals surface area contributed by atoms with Crippen LogP contribution in [-0.2, 0) is 9.59 Å². The van der Waals surface area contributed by atoms with Crippen molar-refractivity contribution in [1.82, 2.24) is 10.6 Å². The minimum atomic E-state index is -0.636. The fourth-order valence-electron chi connectivity index (χ4n) is 1.70. The number of carbonyl (C=O) groups excluding carboxylic acids is 2. The molecule has 2 amide bonds. The van der Waals surface area contributed by atoms with Gasteiger partial charge in [-0.25, -0.2) is 4.39 Å². The van der Waals surface area contributed by atoms with Crippen LogP contribution in [-0.4, -0.2) is 37.0 Å². The maximum atomic E-state index is 12.8. The van der Waals surface area contributed by atoms with Crippen molar-refractivity contribution < 1.29 is 18.7 Å². The number of carbonyl (C=O) groups is 2. The Bertz CT molecular complexity index is 526. The molecular weight excluding hydrogens is 337 g/mol. The third-order valence-electron chi connectivity index (χ3n) is 3.18. The maximum Gasteiger partial charge on any atom is 0.239 e. The van der Waals surface area contributed by atoms with Gasteiger partial charge < -0.3 is 21.1 Å². The topological polar surface area (TPSA) is 93.5 Å². The first-order valence-electron chi connectivity index (χ1n) is 7.51. The molecule has 0 bridgehead atoms. The molecule has 1 unspecified atom stereocenters. The fourth-order valence-corrected chi connectivity index (χ4v) is 1.70. The Balaban J connectivity index is 0.00000529. The predicted octanol–water partition coefficient (Wildman–Crippen LogP) is 1.23. The van der Waals surface area contributed by atoms with E-state index in [9.17, 15) is 14.0 Å². The smallest absolute Gasteiger partial charge is 0.239 e. The molecule has 0 aromatic heterocycles. The van der Waals surface area contributed by atoms with Crippen molar-refractivity contribution in [2.75, 3.05) is 13.1 Å². The van der Waals surface area contributed by atoms with E-state index in [2.05, 4.69) is 10.6 Å². The van der Waals surface area contributed by atoms with Gasteiger partial charge in [0, 0.05) is 0 Å². The van der Waals surface area contributed by atoms with Crippen LogP contribution in [0.25, 0.3) is 0 Å². The zero-order valence-corrected chi connectivity index (χ0v) is 14.9. The van der Waals surface area contributed by atoms with Crippen LogP contribution in [0.4, 0.5) is 4.39 Å². The van der Waals surface area contributed by atoms with Crippen LogP contribution in [0.15, 0.2) is 24.3 Å². The first-order valence-corrected chi connectivity index (χ1v) is 7.51. The van der Waals surface area contributed by atoms with Gasteiger partial charge in [0.15, 0.2) is 0 Å². The quantitative estimate of drug-likeness (QED) is 0.649. The summed E-state index contributed by atoms with van der Waals surface area (Å²) in [5, 5.41) is 5.13. The highest BCUT2D eigenvalue weighted by atomic mass is 35.5. The molecule has 0 saturated carbocycles. The number of nitrogens with one attached hydrogen (secondary N) is 2. The lowest BCUT2D eigenvalue weighted by Crippen LogP contribution is -2.47. The zero-order chi connectivity index (χ0) is 17.4. The average molecular weight is 362 g/mol. The second-order valence-electron chi connectivity index (χ2n) is 5.67. The van der Waals surface area contributed by atoms with Crippen LogP contribution in [0.1, 0.15) is 20.8 Å². The lowest BCUT2D eigenvalue weighted by atomic mass is 10.1. The van der Waals surface area contributed by atoms with E-state index in [1.54, 1.807) is 6.92 Å². The lowest BCUT2D eigenvalue weighted by Gasteiger charge is -2.17. The zero-order valence-electron chi connectivity index (χ0n) is 14.0. The Morgan fingerprint density at radius 2 is 1.75 bits per heavy atom. The molecule has 2 atom stereocenters. The Morgan fingerprint density at radius 3 is 2.29 bits per heavy atom. The van der Waals surface area contributed by atoms with Gasteiger partial charge in [-0.15, -0.1) is 12.4 Å². The normalized spacial score (nSPS) is 12.8. The number of hydrogen-bond acceptors (Lipinski definition) is 4. The van der Waals surface area contributed by atoms with E-state index in [-0.39, 0.29) is 55.1 Å². The monoisotopic (exact) mass is 361 g/mol. The minimum absolute atomic E-state index is 0. The molecule has 0 heterocycles. The van der Waals surface area contributed by atoms with Gasteiger partial charge in [-0.2, -0.15) is 0 Å². The standard InChI is InChI=1S/C16H24FN3O3.ClH/c1-10(2)15(18)16(22)20-9-14(21)19-8-11(3)23-13-6-4-12(17)5-7-13;/h4-7,10-11,15H,8-9,18H2,1-3H3,(H,19,21)(H,20,22);1H/t11?,15-;/m0./s1. The van der Waals surface area contributed by atoms with Crippen molar-refractivity contribution in [3.63, 3.8) is 0 Å². The van der Waals surface area contributed by atoms with E-state index in [1.165, 1.54) is 24.3 Å². The van der Waals surface area contributed by atoms with Gasteiger partial charge in [0.2, 0.25) is 11.8 Å². The molecule has 0 fully saturated rings. The summed E-state index contributed by atoms with van der Waals surface area (Å²) in [5.74, 6) is -0.505. The molecule has 136 valence electrons. The first kappa shape index (κ1) is 22.1. The summed E-state index contributed by atoms with van der Waals surface area (Å²) in [6.07, 6.45) is -0.293. The number of ether oxygens (including phenoxy) is 1. The maximum absolute atomic E-state index is 12.8. The van der Waals surface area contributed by atoms with Crippen molar-refractivity contribution >= 4 is 24.2 Å². The fraction of sp³-hybridized carbons (Fsp3) is 0.500. The average Bonchev–Trinajstić information content (AvgIpc) is 2.51. The number of benzene rings is 1. The van der Waals surface area contributed by atoms with Gasteiger partial charge in [0.1, 0.15) is 17.7 Å². The van der Waals surface area contributed by atoms with Gasteiger partial charge >= 0.3 is 0 Å². The van der Waals surface area contributed by atoms with E-state index in [0.29, 0.717) is 5.75 Å². The molecule has 1 aromatic rings. The molecule has 24 heavy (non-hydrogen) atoms. The Kier molecular flexibility index (Phi) is 9.99. The van der Waals surface area contributed by atoms with Crippen LogP contribution in [0.5, 0.6) is 5.75 Å². The lowest BCUT2D eigenvalue weighted by molar-refractivity contribution is -0.127. The van der Waals surface area contributed by atoms with Gasteiger partial charge in [0.05, 0.1) is 19.1 Å². The molecule has 0 radical (unpaired) electrons. The van der Waals surface area contributed by atoms with Crippen LogP contribution < -0.4 is 21.1 Å². The molecular formula is C16H25ClFN3O3. The molecule has 0 spiro atoms. The van der Waals surface area contributed by atoms with Gasteiger partial charge in [0.25, 0.3) is 0 Å². The highest BCUT2D eigenvalue weighted by Crippen LogP contribution is 2.12. The van der Waals surface area contributed by atoms with E-state index in [4.69, 9.17) is 10.5 Å². The van der Waals surface area contributed by atoms with Crippen LogP contribution >= 0.6 is 12.4 Å². The summed E-state index contributed by atoms with van der Waals surface area (Å²) in [5.41, 5.74) is 5.67. The van der Waals surface area contributed by atoms with E-state index < -0.39 is 6.04 Å². The molecule has 1 aromatic carbocycles. The van der Waals surface area contributed by atoms with Crippen molar-refractivity contribution in [3.05, 3.63) is 30.1 Å². The first-order chi connectivity index (χ1) is 10.8. The molecule has 0 aliphatic carbocycles.